The molecule has 0 aliphatic heterocycles. The van der Waals surface area contributed by atoms with Gasteiger partial charge < -0.3 is 4.74 Å². The number of methoxy groups -OCH3 is 1. The van der Waals surface area contributed by atoms with E-state index in [0.29, 0.717) is 5.69 Å². The van der Waals surface area contributed by atoms with Gasteiger partial charge in [0.15, 0.2) is 5.71 Å². The first-order chi connectivity index (χ1) is 11.3. The standard InChI is InChI=1S/C18H14N4O/c1-23-15-9-7-14(8-10-15)21-22-18(12-19)17-11-6-13-4-2-3-5-16(13)20-17/h2-11,21H,1H3/b22-18+. The van der Waals surface area contributed by atoms with E-state index in [1.165, 1.54) is 0 Å². The van der Waals surface area contributed by atoms with Crippen molar-refractivity contribution in [2.24, 2.45) is 5.10 Å². The number of hydrogen-bond donors (Lipinski definition) is 1. The van der Waals surface area contributed by atoms with Crippen LogP contribution < -0.4 is 10.2 Å². The Hall–Kier alpha value is -3.39. The maximum Gasteiger partial charge on any atom is 0.186 e. The van der Waals surface area contributed by atoms with Gasteiger partial charge in [0, 0.05) is 5.39 Å². The topological polar surface area (TPSA) is 70.3 Å². The van der Waals surface area contributed by atoms with Crippen LogP contribution in [0.5, 0.6) is 5.75 Å². The Kier molecular flexibility index (Phi) is 4.16. The second-order valence-electron chi connectivity index (χ2n) is 4.80. The molecule has 0 fully saturated rings. The molecule has 112 valence electrons. The van der Waals surface area contributed by atoms with Crippen LogP contribution in [-0.4, -0.2) is 17.8 Å². The van der Waals surface area contributed by atoms with Crippen LogP contribution in [0.15, 0.2) is 65.8 Å². The summed E-state index contributed by atoms with van der Waals surface area (Å²) in [5, 5.41) is 14.5. The van der Waals surface area contributed by atoms with Crippen LogP contribution in [0.4, 0.5) is 5.69 Å². The van der Waals surface area contributed by atoms with Gasteiger partial charge in [0.2, 0.25) is 0 Å². The van der Waals surface area contributed by atoms with Gasteiger partial charge in [-0.2, -0.15) is 10.4 Å². The van der Waals surface area contributed by atoms with Crippen molar-refractivity contribution in [3.05, 3.63) is 66.4 Å². The SMILES string of the molecule is COc1ccc(N/N=C(\C#N)c2ccc3ccccc3n2)cc1. The van der Waals surface area contributed by atoms with Gasteiger partial charge in [0.1, 0.15) is 17.5 Å². The molecule has 0 saturated heterocycles. The number of ether oxygens (including phenoxy) is 1. The van der Waals surface area contributed by atoms with E-state index in [-0.39, 0.29) is 5.71 Å². The summed E-state index contributed by atoms with van der Waals surface area (Å²) in [6, 6.07) is 20.8. The molecule has 3 aromatic rings. The van der Waals surface area contributed by atoms with E-state index < -0.39 is 0 Å². The summed E-state index contributed by atoms with van der Waals surface area (Å²) in [7, 11) is 1.61. The summed E-state index contributed by atoms with van der Waals surface area (Å²) in [5.41, 5.74) is 5.22. The highest BCUT2D eigenvalue weighted by molar-refractivity contribution is 6.11. The number of para-hydroxylation sites is 1. The van der Waals surface area contributed by atoms with Crippen molar-refractivity contribution in [3.63, 3.8) is 0 Å². The molecule has 1 heterocycles. The van der Waals surface area contributed by atoms with Crippen LogP contribution >= 0.6 is 0 Å². The largest absolute Gasteiger partial charge is 0.497 e. The van der Waals surface area contributed by atoms with Crippen molar-refractivity contribution in [1.29, 1.82) is 5.26 Å². The molecule has 0 atom stereocenters. The van der Waals surface area contributed by atoms with E-state index in [2.05, 4.69) is 21.6 Å². The Morgan fingerprint density at radius 3 is 2.61 bits per heavy atom. The highest BCUT2D eigenvalue weighted by Crippen LogP contribution is 2.16. The molecule has 0 saturated carbocycles. The Labute approximate surface area is 133 Å². The number of hydrazone groups is 1. The average Bonchev–Trinajstić information content (AvgIpc) is 2.62. The number of aromatic nitrogens is 1. The van der Waals surface area contributed by atoms with Crippen molar-refractivity contribution < 1.29 is 4.74 Å². The molecule has 0 spiro atoms. The molecule has 1 aromatic heterocycles. The minimum Gasteiger partial charge on any atom is -0.497 e. The predicted molar refractivity (Wildman–Crippen MR) is 90.5 cm³/mol. The van der Waals surface area contributed by atoms with Gasteiger partial charge in [-0.3, -0.25) is 5.43 Å². The zero-order valence-corrected chi connectivity index (χ0v) is 12.5. The van der Waals surface area contributed by atoms with Crippen LogP contribution in [0.2, 0.25) is 0 Å². The number of nitrogens with one attached hydrogen (secondary N) is 1. The molecule has 0 bridgehead atoms. The maximum atomic E-state index is 9.33. The number of fused-ring (bicyclic) bond motifs is 1. The molecule has 0 amide bonds. The third kappa shape index (κ3) is 3.27. The van der Waals surface area contributed by atoms with Gasteiger partial charge >= 0.3 is 0 Å². The quantitative estimate of drug-likeness (QED) is 0.590. The summed E-state index contributed by atoms with van der Waals surface area (Å²) < 4.78 is 5.10. The molecule has 0 radical (unpaired) electrons. The lowest BCUT2D eigenvalue weighted by molar-refractivity contribution is 0.415. The lowest BCUT2D eigenvalue weighted by Crippen LogP contribution is -2.04. The second-order valence-corrected chi connectivity index (χ2v) is 4.80. The molecule has 0 aliphatic carbocycles. The first kappa shape index (κ1) is 14.5. The fourth-order valence-corrected chi connectivity index (χ4v) is 2.12. The highest BCUT2D eigenvalue weighted by atomic mass is 16.5. The first-order valence-electron chi connectivity index (χ1n) is 7.04. The van der Waals surface area contributed by atoms with Crippen LogP contribution in [0.1, 0.15) is 5.69 Å². The minimum absolute atomic E-state index is 0.228. The molecule has 0 unspecified atom stereocenters. The van der Waals surface area contributed by atoms with E-state index in [0.717, 1.165) is 22.3 Å². The number of nitrogens with zero attached hydrogens (tertiary/aromatic N) is 3. The Morgan fingerprint density at radius 2 is 1.87 bits per heavy atom. The van der Waals surface area contributed by atoms with Crippen molar-refractivity contribution in [2.75, 3.05) is 12.5 Å². The monoisotopic (exact) mass is 302 g/mol. The third-order valence-corrected chi connectivity index (χ3v) is 3.33. The molecular weight excluding hydrogens is 288 g/mol. The van der Waals surface area contributed by atoms with Gasteiger partial charge in [0.25, 0.3) is 0 Å². The number of nitriles is 1. The summed E-state index contributed by atoms with van der Waals surface area (Å²) in [4.78, 5) is 4.47. The first-order valence-corrected chi connectivity index (χ1v) is 7.04. The maximum absolute atomic E-state index is 9.33. The zero-order chi connectivity index (χ0) is 16.1. The van der Waals surface area contributed by atoms with E-state index in [1.807, 2.05) is 54.6 Å². The summed E-state index contributed by atoms with van der Waals surface area (Å²) in [6.45, 7) is 0. The van der Waals surface area contributed by atoms with Crippen molar-refractivity contribution >= 4 is 22.3 Å². The van der Waals surface area contributed by atoms with Gasteiger partial charge in [-0.25, -0.2) is 4.98 Å². The number of hydrogen-bond acceptors (Lipinski definition) is 5. The van der Waals surface area contributed by atoms with Gasteiger partial charge in [-0.15, -0.1) is 0 Å². The van der Waals surface area contributed by atoms with Crippen LogP contribution in [-0.2, 0) is 0 Å². The smallest absolute Gasteiger partial charge is 0.186 e. The number of benzene rings is 2. The Balaban J connectivity index is 1.86. The lowest BCUT2D eigenvalue weighted by Gasteiger charge is -2.04. The normalized spacial score (nSPS) is 11.0. The Bertz CT molecular complexity index is 895. The van der Waals surface area contributed by atoms with E-state index in [9.17, 15) is 5.26 Å². The van der Waals surface area contributed by atoms with Gasteiger partial charge in [-0.1, -0.05) is 24.3 Å². The summed E-state index contributed by atoms with van der Waals surface area (Å²) >= 11 is 0. The van der Waals surface area contributed by atoms with E-state index in [1.54, 1.807) is 13.2 Å². The molecule has 3 rings (SSSR count). The third-order valence-electron chi connectivity index (χ3n) is 3.33. The number of rotatable bonds is 4. The van der Waals surface area contributed by atoms with Gasteiger partial charge in [-0.05, 0) is 36.4 Å². The molecule has 2 aromatic carbocycles. The molecule has 5 heteroatoms. The van der Waals surface area contributed by atoms with Gasteiger partial charge in [0.05, 0.1) is 18.3 Å². The molecule has 1 N–H and O–H groups in total. The number of anilines is 1. The van der Waals surface area contributed by atoms with Crippen molar-refractivity contribution in [3.8, 4) is 11.8 Å². The minimum atomic E-state index is 0.228. The van der Waals surface area contributed by atoms with E-state index >= 15 is 0 Å². The summed E-state index contributed by atoms with van der Waals surface area (Å²) in [6.07, 6.45) is 0. The highest BCUT2D eigenvalue weighted by Gasteiger charge is 2.06. The van der Waals surface area contributed by atoms with Crippen LogP contribution in [0, 0.1) is 11.3 Å². The fraction of sp³-hybridized carbons (Fsp3) is 0.0556. The van der Waals surface area contributed by atoms with Crippen LogP contribution in [0.3, 0.4) is 0 Å². The average molecular weight is 302 g/mol. The molecule has 23 heavy (non-hydrogen) atoms. The predicted octanol–water partition coefficient (Wildman–Crippen LogP) is 3.58. The lowest BCUT2D eigenvalue weighted by atomic mass is 10.2. The molecule has 0 aliphatic rings. The molecular formula is C18H14N4O. The van der Waals surface area contributed by atoms with E-state index in [4.69, 9.17) is 4.74 Å². The number of pyridine rings is 1. The Morgan fingerprint density at radius 1 is 1.09 bits per heavy atom. The summed E-state index contributed by atoms with van der Waals surface area (Å²) in [5.74, 6) is 0.760. The molecule has 5 nitrogen and oxygen atoms in total. The van der Waals surface area contributed by atoms with Crippen molar-refractivity contribution in [2.45, 2.75) is 0 Å². The van der Waals surface area contributed by atoms with Crippen molar-refractivity contribution in [1.82, 2.24) is 4.98 Å². The zero-order valence-electron chi connectivity index (χ0n) is 12.5. The van der Waals surface area contributed by atoms with Crippen LogP contribution in [0.25, 0.3) is 10.9 Å². The fourth-order valence-electron chi connectivity index (χ4n) is 2.12. The second kappa shape index (κ2) is 6.58.